The molecule has 0 heterocycles. The van der Waals surface area contributed by atoms with Crippen LogP contribution < -0.4 is 0 Å². The summed E-state index contributed by atoms with van der Waals surface area (Å²) < 4.78 is 0. The number of rotatable bonds is 4. The molecule has 0 amide bonds. The van der Waals surface area contributed by atoms with Crippen molar-refractivity contribution in [3.05, 3.63) is 25.3 Å². The van der Waals surface area contributed by atoms with Gasteiger partial charge in [-0.1, -0.05) is 12.2 Å². The van der Waals surface area contributed by atoms with E-state index in [1.54, 1.807) is 12.2 Å². The van der Waals surface area contributed by atoms with Crippen LogP contribution in [0.25, 0.3) is 0 Å². The van der Waals surface area contributed by atoms with Crippen LogP contribution in [0.15, 0.2) is 25.3 Å². The quantitative estimate of drug-likeness (QED) is 0.435. The number of hydrogen-bond donors (Lipinski definition) is 1. The predicted octanol–water partition coefficient (Wildman–Crippen LogP) is 1.05. The van der Waals surface area contributed by atoms with E-state index in [0.29, 0.717) is 13.1 Å². The van der Waals surface area contributed by atoms with Gasteiger partial charge in [0.2, 0.25) is 0 Å². The first kappa shape index (κ1) is 7.40. The largest absolute Gasteiger partial charge is 0.313 e. The van der Waals surface area contributed by atoms with Crippen molar-refractivity contribution in [2.75, 3.05) is 13.1 Å². The molecule has 2 nitrogen and oxygen atoms in total. The summed E-state index contributed by atoms with van der Waals surface area (Å²) in [5, 5.41) is 9.86. The van der Waals surface area contributed by atoms with Gasteiger partial charge < -0.3 is 5.21 Å². The van der Waals surface area contributed by atoms with Crippen molar-refractivity contribution in [3.8, 4) is 0 Å². The van der Waals surface area contributed by atoms with E-state index in [1.807, 2.05) is 0 Å². The third-order valence-electron chi connectivity index (χ3n) is 0.680. The molecule has 0 aromatic heterocycles. The molecule has 0 fully saturated rings. The highest BCUT2D eigenvalue weighted by Gasteiger charge is 1.88. The number of hydrogen-bond acceptors (Lipinski definition) is 2. The summed E-state index contributed by atoms with van der Waals surface area (Å²) in [5.74, 6) is 0. The maximum absolute atomic E-state index is 8.74. The zero-order valence-electron chi connectivity index (χ0n) is 4.88. The zero-order valence-corrected chi connectivity index (χ0v) is 4.88. The molecule has 0 aliphatic carbocycles. The Balaban J connectivity index is 3.16. The van der Waals surface area contributed by atoms with E-state index in [2.05, 4.69) is 13.2 Å². The highest BCUT2D eigenvalue weighted by molar-refractivity contribution is 4.74. The van der Waals surface area contributed by atoms with Crippen LogP contribution in [0.4, 0.5) is 0 Å². The van der Waals surface area contributed by atoms with Crippen LogP contribution in [0.1, 0.15) is 0 Å². The summed E-state index contributed by atoms with van der Waals surface area (Å²) in [6.45, 7) is 7.88. The van der Waals surface area contributed by atoms with Crippen LogP contribution in [-0.4, -0.2) is 23.4 Å². The predicted molar refractivity (Wildman–Crippen MR) is 33.8 cm³/mol. The summed E-state index contributed by atoms with van der Waals surface area (Å²) in [6, 6.07) is 0. The van der Waals surface area contributed by atoms with Gasteiger partial charge in [0.15, 0.2) is 0 Å². The Morgan fingerprint density at radius 2 is 1.62 bits per heavy atom. The summed E-state index contributed by atoms with van der Waals surface area (Å²) >= 11 is 0. The lowest BCUT2D eigenvalue weighted by atomic mass is 10.5. The van der Waals surface area contributed by atoms with Gasteiger partial charge in [-0.25, -0.2) is 0 Å². The average Bonchev–Trinajstić information content (AvgIpc) is 1.68. The molecular weight excluding hydrogens is 102 g/mol. The van der Waals surface area contributed by atoms with E-state index in [1.165, 1.54) is 0 Å². The Kier molecular flexibility index (Phi) is 4.21. The Bertz CT molecular complexity index is 70.6. The first-order valence-electron chi connectivity index (χ1n) is 2.47. The molecule has 0 aliphatic rings. The maximum atomic E-state index is 8.74. The molecule has 8 heavy (non-hydrogen) atoms. The van der Waals surface area contributed by atoms with Crippen molar-refractivity contribution < 1.29 is 5.21 Å². The van der Waals surface area contributed by atoms with E-state index >= 15 is 0 Å². The minimum Gasteiger partial charge on any atom is -0.313 e. The normalized spacial score (nSPS) is 9.25. The molecule has 0 unspecified atom stereocenters. The van der Waals surface area contributed by atoms with Gasteiger partial charge >= 0.3 is 0 Å². The monoisotopic (exact) mass is 113 g/mol. The minimum absolute atomic E-state index is 0.492. The fourth-order valence-electron chi connectivity index (χ4n) is 0.373. The molecule has 0 aromatic rings. The van der Waals surface area contributed by atoms with Crippen molar-refractivity contribution in [2.45, 2.75) is 0 Å². The molecule has 0 aromatic carbocycles. The second kappa shape index (κ2) is 4.56. The van der Waals surface area contributed by atoms with Crippen molar-refractivity contribution >= 4 is 0 Å². The molecule has 0 spiro atoms. The van der Waals surface area contributed by atoms with Crippen molar-refractivity contribution in [2.24, 2.45) is 0 Å². The highest BCUT2D eigenvalue weighted by Crippen LogP contribution is 1.79. The van der Waals surface area contributed by atoms with E-state index in [0.717, 1.165) is 5.06 Å². The molecule has 0 aliphatic heterocycles. The standard InChI is InChI=1S/C6H11NO/c1-3-5-7(8)6-4-2/h3-4,8H,1-2,5-6H2. The van der Waals surface area contributed by atoms with Crippen molar-refractivity contribution in [1.29, 1.82) is 0 Å². The molecule has 0 bridgehead atoms. The Labute approximate surface area is 49.7 Å². The van der Waals surface area contributed by atoms with Crippen LogP contribution in [0.2, 0.25) is 0 Å². The van der Waals surface area contributed by atoms with Crippen LogP contribution in [0, 0.1) is 0 Å². The maximum Gasteiger partial charge on any atom is 0.0419 e. The van der Waals surface area contributed by atoms with Crippen molar-refractivity contribution in [3.63, 3.8) is 0 Å². The highest BCUT2D eigenvalue weighted by atomic mass is 16.5. The van der Waals surface area contributed by atoms with E-state index < -0.39 is 0 Å². The lowest BCUT2D eigenvalue weighted by molar-refractivity contribution is -0.0691. The molecule has 1 N–H and O–H groups in total. The summed E-state index contributed by atoms with van der Waals surface area (Å²) in [5.41, 5.74) is 0. The molecule has 0 radical (unpaired) electrons. The molecule has 0 rings (SSSR count). The molecular formula is C6H11NO. The fourth-order valence-corrected chi connectivity index (χ4v) is 0.373. The first-order chi connectivity index (χ1) is 3.81. The topological polar surface area (TPSA) is 23.5 Å². The van der Waals surface area contributed by atoms with Gasteiger partial charge in [-0.2, -0.15) is 5.06 Å². The lowest BCUT2D eigenvalue weighted by Gasteiger charge is -2.06. The summed E-state index contributed by atoms with van der Waals surface area (Å²) in [6.07, 6.45) is 3.26. The van der Waals surface area contributed by atoms with Gasteiger partial charge in [0.25, 0.3) is 0 Å². The summed E-state index contributed by atoms with van der Waals surface area (Å²) in [4.78, 5) is 0. The molecule has 0 saturated heterocycles. The van der Waals surface area contributed by atoms with Gasteiger partial charge in [-0.15, -0.1) is 13.2 Å². The van der Waals surface area contributed by atoms with Crippen LogP contribution in [-0.2, 0) is 0 Å². The Morgan fingerprint density at radius 1 is 1.25 bits per heavy atom. The van der Waals surface area contributed by atoms with E-state index in [-0.39, 0.29) is 0 Å². The van der Waals surface area contributed by atoms with Gasteiger partial charge in [0, 0.05) is 13.1 Å². The third-order valence-corrected chi connectivity index (χ3v) is 0.680. The minimum atomic E-state index is 0.492. The van der Waals surface area contributed by atoms with Gasteiger partial charge in [0.05, 0.1) is 0 Å². The zero-order chi connectivity index (χ0) is 6.41. The molecule has 0 saturated carbocycles. The molecule has 0 atom stereocenters. The Morgan fingerprint density at radius 3 is 1.88 bits per heavy atom. The second-order valence-electron chi connectivity index (χ2n) is 1.45. The molecule has 46 valence electrons. The van der Waals surface area contributed by atoms with E-state index in [4.69, 9.17) is 5.21 Å². The van der Waals surface area contributed by atoms with Crippen LogP contribution in [0.5, 0.6) is 0 Å². The fraction of sp³-hybridized carbons (Fsp3) is 0.333. The SMILES string of the molecule is C=CCN(O)CC=C. The van der Waals surface area contributed by atoms with Gasteiger partial charge in [0.1, 0.15) is 0 Å². The lowest BCUT2D eigenvalue weighted by Crippen LogP contribution is -2.18. The average molecular weight is 113 g/mol. The molecule has 2 heteroatoms. The van der Waals surface area contributed by atoms with Crippen molar-refractivity contribution in [1.82, 2.24) is 5.06 Å². The smallest absolute Gasteiger partial charge is 0.0419 e. The van der Waals surface area contributed by atoms with Crippen LogP contribution >= 0.6 is 0 Å². The van der Waals surface area contributed by atoms with Gasteiger partial charge in [-0.3, -0.25) is 0 Å². The second-order valence-corrected chi connectivity index (χ2v) is 1.45. The van der Waals surface area contributed by atoms with E-state index in [9.17, 15) is 0 Å². The Hall–Kier alpha value is -0.600. The van der Waals surface area contributed by atoms with Gasteiger partial charge in [-0.05, 0) is 0 Å². The summed E-state index contributed by atoms with van der Waals surface area (Å²) in [7, 11) is 0. The first-order valence-corrected chi connectivity index (χ1v) is 2.47. The number of hydroxylamine groups is 2. The number of nitrogens with zero attached hydrogens (tertiary/aromatic N) is 1. The third kappa shape index (κ3) is 3.59. The van der Waals surface area contributed by atoms with Crippen LogP contribution in [0.3, 0.4) is 0 Å².